The summed E-state index contributed by atoms with van der Waals surface area (Å²) in [5.74, 6) is 0.0441. The highest BCUT2D eigenvalue weighted by molar-refractivity contribution is 6.07. The van der Waals surface area contributed by atoms with Crippen LogP contribution in [0.3, 0.4) is 0 Å². The summed E-state index contributed by atoms with van der Waals surface area (Å²) in [4.78, 5) is 14.8. The van der Waals surface area contributed by atoms with Gasteiger partial charge >= 0.3 is 0 Å². The normalized spacial score (nSPS) is 10.2. The highest BCUT2D eigenvalue weighted by atomic mass is 16.1. The fraction of sp³-hybridized carbons (Fsp3) is 0.154. The Hall–Kier alpha value is -1.83. The summed E-state index contributed by atoms with van der Waals surface area (Å²) in [6.07, 6.45) is 2.75. The average molecular weight is 199 g/mol. The molecule has 0 saturated carbocycles. The van der Waals surface area contributed by atoms with Crippen LogP contribution in [0, 0.1) is 0 Å². The molecule has 0 aliphatic heterocycles. The molecule has 0 aliphatic rings. The molecule has 0 saturated heterocycles. The molecular weight excluding hydrogens is 186 g/mol. The molecule has 0 radical (unpaired) electrons. The van der Waals surface area contributed by atoms with Gasteiger partial charge in [0, 0.05) is 11.8 Å². The first-order chi connectivity index (χ1) is 7.31. The monoisotopic (exact) mass is 199 g/mol. The van der Waals surface area contributed by atoms with Gasteiger partial charge in [0.15, 0.2) is 0 Å². The second-order valence-corrected chi connectivity index (χ2v) is 3.46. The summed E-state index contributed by atoms with van der Waals surface area (Å²) < 4.78 is 0. The van der Waals surface area contributed by atoms with Crippen LogP contribution in [0.5, 0.6) is 0 Å². The number of H-pyrrole nitrogens is 1. The van der Waals surface area contributed by atoms with E-state index in [-0.39, 0.29) is 5.78 Å². The zero-order valence-electron chi connectivity index (χ0n) is 8.66. The number of hydrogen-bond acceptors (Lipinski definition) is 1. The number of nitrogens with one attached hydrogen (secondary N) is 1. The van der Waals surface area contributed by atoms with Crippen LogP contribution < -0.4 is 0 Å². The first-order valence-corrected chi connectivity index (χ1v) is 5.08. The molecule has 15 heavy (non-hydrogen) atoms. The molecule has 2 rings (SSSR count). The predicted octanol–water partition coefficient (Wildman–Crippen LogP) is 2.81. The van der Waals surface area contributed by atoms with Crippen molar-refractivity contribution >= 4 is 5.78 Å². The molecule has 2 heteroatoms. The number of aromatic amines is 1. The number of aryl methyl sites for hydroxylation is 1. The third-order valence-electron chi connectivity index (χ3n) is 2.47. The van der Waals surface area contributed by atoms with Crippen molar-refractivity contribution in [2.45, 2.75) is 13.3 Å². The fourth-order valence-corrected chi connectivity index (χ4v) is 1.52. The first kappa shape index (κ1) is 9.71. The lowest BCUT2D eigenvalue weighted by Crippen LogP contribution is -2.01. The molecular formula is C13H13NO. The maximum Gasteiger partial charge on any atom is 0.209 e. The number of carbonyl (C=O) groups is 1. The van der Waals surface area contributed by atoms with Gasteiger partial charge in [-0.3, -0.25) is 4.79 Å². The highest BCUT2D eigenvalue weighted by Crippen LogP contribution is 2.09. The quantitative estimate of drug-likeness (QED) is 0.757. The molecule has 0 atom stereocenters. The first-order valence-electron chi connectivity index (χ1n) is 5.08. The number of hydrogen-bond donors (Lipinski definition) is 1. The van der Waals surface area contributed by atoms with E-state index in [1.54, 1.807) is 12.3 Å². The van der Waals surface area contributed by atoms with Crippen molar-refractivity contribution in [1.29, 1.82) is 0 Å². The van der Waals surface area contributed by atoms with Gasteiger partial charge in [0.1, 0.15) is 0 Å². The van der Waals surface area contributed by atoms with Gasteiger partial charge < -0.3 is 4.98 Å². The number of aromatic nitrogens is 1. The van der Waals surface area contributed by atoms with Gasteiger partial charge in [-0.15, -0.1) is 0 Å². The number of benzene rings is 1. The lowest BCUT2D eigenvalue weighted by atomic mass is 10.1. The van der Waals surface area contributed by atoms with Crippen molar-refractivity contribution in [1.82, 2.24) is 4.98 Å². The average Bonchev–Trinajstić information content (AvgIpc) is 2.82. The molecule has 0 unspecified atom stereocenters. The molecule has 2 aromatic rings. The molecule has 0 spiro atoms. The Labute approximate surface area is 89.0 Å². The van der Waals surface area contributed by atoms with Crippen LogP contribution in [-0.4, -0.2) is 10.8 Å². The summed E-state index contributed by atoms with van der Waals surface area (Å²) in [5.41, 5.74) is 2.62. The molecule has 0 amide bonds. The van der Waals surface area contributed by atoms with E-state index in [0.717, 1.165) is 12.0 Å². The van der Waals surface area contributed by atoms with Crippen LogP contribution in [-0.2, 0) is 6.42 Å². The van der Waals surface area contributed by atoms with Crippen LogP contribution in [0.15, 0.2) is 42.6 Å². The van der Waals surface area contributed by atoms with E-state index in [1.807, 2.05) is 30.3 Å². The largest absolute Gasteiger partial charge is 0.359 e. The van der Waals surface area contributed by atoms with E-state index in [2.05, 4.69) is 11.9 Å². The SMILES string of the molecule is CCc1ccc(C(=O)c2ccc[nH]2)cc1. The van der Waals surface area contributed by atoms with Gasteiger partial charge in [0.25, 0.3) is 0 Å². The number of carbonyl (C=O) groups excluding carboxylic acids is 1. The highest BCUT2D eigenvalue weighted by Gasteiger charge is 2.08. The minimum atomic E-state index is 0.0441. The maximum atomic E-state index is 11.9. The molecule has 2 nitrogen and oxygen atoms in total. The van der Waals surface area contributed by atoms with Crippen LogP contribution in [0.4, 0.5) is 0 Å². The van der Waals surface area contributed by atoms with Gasteiger partial charge in [0.05, 0.1) is 5.69 Å². The van der Waals surface area contributed by atoms with E-state index in [4.69, 9.17) is 0 Å². The van der Waals surface area contributed by atoms with Gasteiger partial charge in [0.2, 0.25) is 5.78 Å². The van der Waals surface area contributed by atoms with E-state index in [0.29, 0.717) is 5.69 Å². The van der Waals surface area contributed by atoms with Crippen LogP contribution in [0.2, 0.25) is 0 Å². The second kappa shape index (κ2) is 4.13. The van der Waals surface area contributed by atoms with Gasteiger partial charge in [-0.2, -0.15) is 0 Å². The lowest BCUT2D eigenvalue weighted by molar-refractivity contribution is 0.103. The van der Waals surface area contributed by atoms with Gasteiger partial charge in [-0.25, -0.2) is 0 Å². The van der Waals surface area contributed by atoms with Crippen molar-refractivity contribution in [2.24, 2.45) is 0 Å². The van der Waals surface area contributed by atoms with E-state index in [1.165, 1.54) is 5.56 Å². The zero-order valence-corrected chi connectivity index (χ0v) is 8.66. The van der Waals surface area contributed by atoms with Crippen LogP contribution in [0.1, 0.15) is 28.5 Å². The Balaban J connectivity index is 2.27. The van der Waals surface area contributed by atoms with E-state index in [9.17, 15) is 4.79 Å². The summed E-state index contributed by atoms with van der Waals surface area (Å²) in [6.45, 7) is 2.10. The van der Waals surface area contributed by atoms with Crippen LogP contribution in [0.25, 0.3) is 0 Å². The summed E-state index contributed by atoms with van der Waals surface area (Å²) in [7, 11) is 0. The fourth-order valence-electron chi connectivity index (χ4n) is 1.52. The predicted molar refractivity (Wildman–Crippen MR) is 60.0 cm³/mol. The Morgan fingerprint density at radius 1 is 1.20 bits per heavy atom. The van der Waals surface area contributed by atoms with E-state index < -0.39 is 0 Å². The second-order valence-electron chi connectivity index (χ2n) is 3.46. The Morgan fingerprint density at radius 3 is 2.47 bits per heavy atom. The van der Waals surface area contributed by atoms with Crippen molar-refractivity contribution in [3.63, 3.8) is 0 Å². The number of rotatable bonds is 3. The maximum absolute atomic E-state index is 11.9. The zero-order chi connectivity index (χ0) is 10.7. The van der Waals surface area contributed by atoms with Crippen molar-refractivity contribution < 1.29 is 4.79 Å². The third-order valence-corrected chi connectivity index (χ3v) is 2.47. The molecule has 0 aliphatic carbocycles. The molecule has 0 fully saturated rings. The van der Waals surface area contributed by atoms with Crippen molar-refractivity contribution in [3.8, 4) is 0 Å². The molecule has 0 bridgehead atoms. The van der Waals surface area contributed by atoms with Gasteiger partial charge in [-0.05, 0) is 24.1 Å². The molecule has 1 aromatic carbocycles. The molecule has 1 aromatic heterocycles. The molecule has 1 N–H and O–H groups in total. The Bertz CT molecular complexity index is 440. The smallest absolute Gasteiger partial charge is 0.209 e. The number of ketones is 1. The van der Waals surface area contributed by atoms with Crippen molar-refractivity contribution in [3.05, 3.63) is 59.4 Å². The standard InChI is InChI=1S/C13H13NO/c1-2-10-5-7-11(8-6-10)13(15)12-4-3-9-14-12/h3-9,14H,2H2,1H3. The van der Waals surface area contributed by atoms with Crippen LogP contribution >= 0.6 is 0 Å². The summed E-state index contributed by atoms with van der Waals surface area (Å²) in [6, 6.07) is 11.4. The minimum Gasteiger partial charge on any atom is -0.359 e. The van der Waals surface area contributed by atoms with Gasteiger partial charge in [-0.1, -0.05) is 31.2 Å². The van der Waals surface area contributed by atoms with Crippen molar-refractivity contribution in [2.75, 3.05) is 0 Å². The Morgan fingerprint density at radius 2 is 1.93 bits per heavy atom. The minimum absolute atomic E-state index is 0.0441. The lowest BCUT2D eigenvalue weighted by Gasteiger charge is -2.00. The topological polar surface area (TPSA) is 32.9 Å². The summed E-state index contributed by atoms with van der Waals surface area (Å²) in [5, 5.41) is 0. The molecule has 1 heterocycles. The van der Waals surface area contributed by atoms with E-state index >= 15 is 0 Å². The summed E-state index contributed by atoms with van der Waals surface area (Å²) >= 11 is 0. The third kappa shape index (κ3) is 1.99. The molecule has 76 valence electrons. The Kier molecular flexibility index (Phi) is 2.68.